The number of aromatic nitrogens is 1. The molecular formula is C11H9F3N2O3S. The molecule has 0 fully saturated rings. The van der Waals surface area contributed by atoms with E-state index in [-0.39, 0.29) is 17.3 Å². The molecule has 9 heteroatoms. The first-order chi connectivity index (χ1) is 9.18. The smallest absolute Gasteiger partial charge is 0.328 e. The van der Waals surface area contributed by atoms with Gasteiger partial charge in [0.1, 0.15) is 11.5 Å². The molecular weight excluding hydrogens is 297 g/mol. The number of allylic oxidation sites excluding steroid dienone is 2. The number of alkyl halides is 3. The molecule has 0 radical (unpaired) electrons. The van der Waals surface area contributed by atoms with Crippen LogP contribution < -0.4 is 4.90 Å². The normalized spacial score (nSPS) is 16.2. The molecule has 5 nitrogen and oxygen atoms in total. The largest absolute Gasteiger partial charge is 0.433 e. The van der Waals surface area contributed by atoms with Crippen LogP contribution in [0.15, 0.2) is 41.5 Å². The number of rotatable bonds is 2. The Hall–Kier alpha value is -1.87. The molecule has 0 atom stereocenters. The molecule has 2 rings (SSSR count). The minimum atomic E-state index is -4.59. The van der Waals surface area contributed by atoms with E-state index in [1.165, 1.54) is 35.4 Å². The summed E-state index contributed by atoms with van der Waals surface area (Å²) in [6.07, 6.45) is -0.748. The highest BCUT2D eigenvalue weighted by Crippen LogP contribution is 2.29. The first kappa shape index (κ1) is 14.5. The molecule has 1 aromatic heterocycles. The van der Waals surface area contributed by atoms with Crippen molar-refractivity contribution >= 4 is 15.9 Å². The van der Waals surface area contributed by atoms with Gasteiger partial charge in [0, 0.05) is 6.20 Å². The molecule has 108 valence electrons. The summed E-state index contributed by atoms with van der Waals surface area (Å²) < 4.78 is 68.6. The molecule has 2 heterocycles. The summed E-state index contributed by atoms with van der Waals surface area (Å²) in [6, 6.07) is 3.30. The number of pyridine rings is 1. The fourth-order valence-electron chi connectivity index (χ4n) is 1.59. The number of nitrogens with zero attached hydrogens (tertiary/aromatic N) is 2. The lowest BCUT2D eigenvalue weighted by molar-refractivity contribution is -0.141. The van der Waals surface area contributed by atoms with Crippen molar-refractivity contribution in [1.82, 2.24) is 4.98 Å². The van der Waals surface area contributed by atoms with Crippen molar-refractivity contribution in [3.8, 4) is 0 Å². The molecule has 1 aromatic rings. The lowest BCUT2D eigenvalue weighted by Gasteiger charge is -2.23. The Morgan fingerprint density at radius 2 is 2.00 bits per heavy atom. The van der Waals surface area contributed by atoms with E-state index < -0.39 is 22.0 Å². The van der Waals surface area contributed by atoms with Gasteiger partial charge in [0.05, 0.1) is 11.4 Å². The van der Waals surface area contributed by atoms with Gasteiger partial charge in [-0.3, -0.25) is 4.55 Å². The van der Waals surface area contributed by atoms with E-state index in [0.29, 0.717) is 0 Å². The molecule has 1 aliphatic rings. The van der Waals surface area contributed by atoms with Crippen LogP contribution in [0.5, 0.6) is 0 Å². The zero-order valence-electron chi connectivity index (χ0n) is 9.87. The summed E-state index contributed by atoms with van der Waals surface area (Å²) >= 11 is 0. The standard InChI is InChI=1S/C11H9F3N2O3S/c12-11(13,14)9-4-1-5-10(15-9)16-6-2-3-8(7-16)20(17,18)19/h1-6H,7H2,(H,17,18,19). The van der Waals surface area contributed by atoms with Crippen LogP contribution in [0, 0.1) is 0 Å². The van der Waals surface area contributed by atoms with E-state index in [0.717, 1.165) is 6.07 Å². The SMILES string of the molecule is O=S(=O)(O)C1=CC=CN(c2cccc(C(F)(F)F)n2)C1. The van der Waals surface area contributed by atoms with E-state index in [4.69, 9.17) is 4.55 Å². The van der Waals surface area contributed by atoms with E-state index in [1.54, 1.807) is 0 Å². The Bertz CT molecular complexity index is 680. The molecule has 1 aliphatic heterocycles. The fraction of sp³-hybridized carbons (Fsp3) is 0.182. The van der Waals surface area contributed by atoms with E-state index in [2.05, 4.69) is 4.98 Å². The first-order valence-electron chi connectivity index (χ1n) is 5.34. The molecule has 1 N–H and O–H groups in total. The Labute approximate surface area is 112 Å². The third kappa shape index (κ3) is 3.17. The van der Waals surface area contributed by atoms with Crippen molar-refractivity contribution in [2.75, 3.05) is 11.4 Å². The maximum atomic E-state index is 12.6. The highest BCUT2D eigenvalue weighted by Gasteiger charge is 2.33. The van der Waals surface area contributed by atoms with Crippen LogP contribution in [0.25, 0.3) is 0 Å². The zero-order valence-corrected chi connectivity index (χ0v) is 10.7. The van der Waals surface area contributed by atoms with Crippen LogP contribution >= 0.6 is 0 Å². The minimum Gasteiger partial charge on any atom is -0.328 e. The van der Waals surface area contributed by atoms with Gasteiger partial charge in [-0.05, 0) is 24.3 Å². The van der Waals surface area contributed by atoms with Crippen molar-refractivity contribution < 1.29 is 26.1 Å². The van der Waals surface area contributed by atoms with Gasteiger partial charge in [0.25, 0.3) is 10.1 Å². The maximum absolute atomic E-state index is 12.6. The first-order valence-corrected chi connectivity index (χ1v) is 6.78. The Morgan fingerprint density at radius 3 is 2.60 bits per heavy atom. The van der Waals surface area contributed by atoms with Crippen molar-refractivity contribution in [3.63, 3.8) is 0 Å². The molecule has 0 unspecified atom stereocenters. The number of hydrogen-bond donors (Lipinski definition) is 1. The van der Waals surface area contributed by atoms with Crippen molar-refractivity contribution in [1.29, 1.82) is 0 Å². The van der Waals surface area contributed by atoms with Gasteiger partial charge in [-0.2, -0.15) is 21.6 Å². The second-order valence-electron chi connectivity index (χ2n) is 3.96. The monoisotopic (exact) mass is 306 g/mol. The average Bonchev–Trinajstić information content (AvgIpc) is 2.37. The summed E-state index contributed by atoms with van der Waals surface area (Å²) in [7, 11) is -4.39. The molecule has 0 saturated carbocycles. The molecule has 0 saturated heterocycles. The fourth-order valence-corrected chi connectivity index (χ4v) is 2.15. The quantitative estimate of drug-likeness (QED) is 0.848. The highest BCUT2D eigenvalue weighted by molar-refractivity contribution is 7.89. The van der Waals surface area contributed by atoms with E-state index >= 15 is 0 Å². The van der Waals surface area contributed by atoms with Crippen LogP contribution in [-0.2, 0) is 16.3 Å². The van der Waals surface area contributed by atoms with Gasteiger partial charge in [-0.15, -0.1) is 0 Å². The van der Waals surface area contributed by atoms with Gasteiger partial charge >= 0.3 is 6.18 Å². The average molecular weight is 306 g/mol. The Kier molecular flexibility index (Phi) is 3.57. The van der Waals surface area contributed by atoms with Crippen molar-refractivity contribution in [2.45, 2.75) is 6.18 Å². The maximum Gasteiger partial charge on any atom is 0.433 e. The van der Waals surface area contributed by atoms with Gasteiger partial charge in [0.15, 0.2) is 0 Å². The molecule has 0 bridgehead atoms. The Balaban J connectivity index is 2.31. The van der Waals surface area contributed by atoms with Crippen LogP contribution in [0.4, 0.5) is 19.0 Å². The molecule has 0 aliphatic carbocycles. The number of hydrogen-bond acceptors (Lipinski definition) is 4. The third-order valence-corrected chi connectivity index (χ3v) is 3.45. The summed E-state index contributed by atoms with van der Waals surface area (Å²) in [5, 5.41) is 0. The van der Waals surface area contributed by atoms with Gasteiger partial charge in [-0.25, -0.2) is 4.98 Å². The van der Waals surface area contributed by atoms with E-state index in [9.17, 15) is 21.6 Å². The summed E-state index contributed by atoms with van der Waals surface area (Å²) in [5.74, 6) is -0.0645. The number of anilines is 1. The van der Waals surface area contributed by atoms with Crippen molar-refractivity contribution in [3.05, 3.63) is 47.2 Å². The molecule has 20 heavy (non-hydrogen) atoms. The summed E-state index contributed by atoms with van der Waals surface area (Å²) in [6.45, 7) is -0.288. The number of halogens is 3. The zero-order chi connectivity index (χ0) is 15.0. The lowest BCUT2D eigenvalue weighted by Crippen LogP contribution is -2.26. The highest BCUT2D eigenvalue weighted by atomic mass is 32.2. The third-order valence-electron chi connectivity index (χ3n) is 2.52. The predicted octanol–water partition coefficient (Wildman–Crippen LogP) is 2.21. The predicted molar refractivity (Wildman–Crippen MR) is 65.4 cm³/mol. The lowest BCUT2D eigenvalue weighted by atomic mass is 10.3. The Morgan fingerprint density at radius 1 is 1.30 bits per heavy atom. The van der Waals surface area contributed by atoms with Gasteiger partial charge in [-0.1, -0.05) is 6.07 Å². The van der Waals surface area contributed by atoms with Gasteiger partial charge < -0.3 is 4.90 Å². The van der Waals surface area contributed by atoms with Crippen molar-refractivity contribution in [2.24, 2.45) is 0 Å². The summed E-state index contributed by atoms with van der Waals surface area (Å²) in [5.41, 5.74) is -1.08. The van der Waals surface area contributed by atoms with Gasteiger partial charge in [0.2, 0.25) is 0 Å². The minimum absolute atomic E-state index is 0.0645. The van der Waals surface area contributed by atoms with Crippen LogP contribution in [0.2, 0.25) is 0 Å². The van der Waals surface area contributed by atoms with Crippen LogP contribution in [0.1, 0.15) is 5.69 Å². The topological polar surface area (TPSA) is 70.5 Å². The molecule has 0 spiro atoms. The molecule has 0 aromatic carbocycles. The second-order valence-corrected chi connectivity index (χ2v) is 5.43. The second kappa shape index (κ2) is 4.91. The van der Waals surface area contributed by atoms with Crippen LogP contribution in [0.3, 0.4) is 0 Å². The molecule has 0 amide bonds. The van der Waals surface area contributed by atoms with E-state index in [1.807, 2.05) is 0 Å². The van der Waals surface area contributed by atoms with Crippen LogP contribution in [-0.4, -0.2) is 24.5 Å². The summed E-state index contributed by atoms with van der Waals surface area (Å²) in [4.78, 5) is 4.30.